The molecule has 3 aliphatic heterocycles. The third kappa shape index (κ3) is 4.79. The highest BCUT2D eigenvalue weighted by molar-refractivity contribution is 8.00. The molecule has 2 N–H and O–H groups in total. The van der Waals surface area contributed by atoms with Crippen LogP contribution in [0, 0.1) is 0 Å². The van der Waals surface area contributed by atoms with Gasteiger partial charge in [-0.15, -0.1) is 11.8 Å². The van der Waals surface area contributed by atoms with Crippen LogP contribution in [0.5, 0.6) is 0 Å². The minimum atomic E-state index is -0.778. The van der Waals surface area contributed by atoms with Gasteiger partial charge in [0, 0.05) is 6.92 Å². The first-order chi connectivity index (χ1) is 17.8. The van der Waals surface area contributed by atoms with E-state index < -0.39 is 40.6 Å². The number of rotatable bonds is 6. The standard InChI is InChI=1S/C26H26N4O6S/c1-15-21(35-16(2)31)20(30-23(32)19(24(30)37-15)28-26-27-13-14-29(26)34)25(33)36-22(17-9-5-3-6-10-17)18-11-7-4-8-12-18/h3-12,15,19,22,24,34H,13-14H2,1-2H3,(H,27,28)/t15?,19?,24-/m1/s1. The van der Waals surface area contributed by atoms with Gasteiger partial charge in [0.15, 0.2) is 17.6 Å². The molecule has 37 heavy (non-hydrogen) atoms. The fourth-order valence-electron chi connectivity index (χ4n) is 4.49. The van der Waals surface area contributed by atoms with Crippen molar-refractivity contribution in [1.29, 1.82) is 0 Å². The zero-order valence-electron chi connectivity index (χ0n) is 20.2. The van der Waals surface area contributed by atoms with E-state index >= 15 is 0 Å². The number of nitrogens with one attached hydrogen (secondary N) is 1. The Labute approximate surface area is 217 Å². The van der Waals surface area contributed by atoms with Gasteiger partial charge in [-0.3, -0.25) is 19.7 Å². The van der Waals surface area contributed by atoms with Crippen molar-refractivity contribution in [3.63, 3.8) is 0 Å². The lowest BCUT2D eigenvalue weighted by Crippen LogP contribution is -2.71. The smallest absolute Gasteiger partial charge is 0.359 e. The number of nitrogens with zero attached hydrogens (tertiary/aromatic N) is 3. The summed E-state index contributed by atoms with van der Waals surface area (Å²) in [6.07, 6.45) is -0.745. The lowest BCUT2D eigenvalue weighted by Gasteiger charge is -2.51. The second-order valence-electron chi connectivity index (χ2n) is 8.74. The fraction of sp³-hybridized carbons (Fsp3) is 0.308. The van der Waals surface area contributed by atoms with Crippen LogP contribution in [0.2, 0.25) is 0 Å². The minimum absolute atomic E-state index is 0.0763. The zero-order chi connectivity index (χ0) is 26.1. The number of hydrogen-bond donors (Lipinski definition) is 2. The van der Waals surface area contributed by atoms with Crippen LogP contribution < -0.4 is 5.32 Å². The summed E-state index contributed by atoms with van der Waals surface area (Å²) in [5.74, 6) is -1.52. The van der Waals surface area contributed by atoms with Gasteiger partial charge in [-0.25, -0.2) is 14.9 Å². The molecule has 192 valence electrons. The van der Waals surface area contributed by atoms with Crippen LogP contribution in [0.25, 0.3) is 0 Å². The van der Waals surface area contributed by atoms with Gasteiger partial charge in [0.2, 0.25) is 5.96 Å². The van der Waals surface area contributed by atoms with Crippen molar-refractivity contribution in [3.05, 3.63) is 83.2 Å². The number of carbonyl (C=O) groups excluding carboxylic acids is 3. The third-order valence-corrected chi connectivity index (χ3v) is 7.59. The van der Waals surface area contributed by atoms with Crippen LogP contribution in [0.3, 0.4) is 0 Å². The number of amides is 1. The van der Waals surface area contributed by atoms with E-state index in [0.717, 1.165) is 16.2 Å². The van der Waals surface area contributed by atoms with Gasteiger partial charge in [-0.05, 0) is 18.1 Å². The van der Waals surface area contributed by atoms with Crippen molar-refractivity contribution in [2.45, 2.75) is 36.6 Å². The summed E-state index contributed by atoms with van der Waals surface area (Å²) in [5, 5.41) is 13.0. The van der Waals surface area contributed by atoms with Gasteiger partial charge in [-0.1, -0.05) is 60.7 Å². The van der Waals surface area contributed by atoms with Crippen molar-refractivity contribution in [3.8, 4) is 0 Å². The second-order valence-corrected chi connectivity index (χ2v) is 10.2. The second kappa shape index (κ2) is 10.3. The third-order valence-electron chi connectivity index (χ3n) is 6.21. The predicted octanol–water partition coefficient (Wildman–Crippen LogP) is 2.42. The molecule has 0 radical (unpaired) electrons. The van der Waals surface area contributed by atoms with E-state index in [4.69, 9.17) is 9.47 Å². The summed E-state index contributed by atoms with van der Waals surface area (Å²) in [5.41, 5.74) is 1.41. The monoisotopic (exact) mass is 522 g/mol. The van der Waals surface area contributed by atoms with Crippen molar-refractivity contribution < 1.29 is 29.1 Å². The van der Waals surface area contributed by atoms with Crippen LogP contribution in [0.1, 0.15) is 31.1 Å². The molecule has 10 nitrogen and oxygen atoms in total. The highest BCUT2D eigenvalue weighted by Crippen LogP contribution is 2.45. The van der Waals surface area contributed by atoms with Crippen LogP contribution in [-0.4, -0.2) is 68.7 Å². The molecule has 2 unspecified atom stereocenters. The highest BCUT2D eigenvalue weighted by Gasteiger charge is 2.57. The highest BCUT2D eigenvalue weighted by atomic mass is 32.2. The molecule has 5 rings (SSSR count). The normalized spacial score (nSPS) is 22.9. The average Bonchev–Trinajstić information content (AvgIpc) is 3.31. The largest absolute Gasteiger partial charge is 0.448 e. The molecule has 0 aromatic heterocycles. The first kappa shape index (κ1) is 24.8. The topological polar surface area (TPSA) is 121 Å². The van der Waals surface area contributed by atoms with E-state index in [1.807, 2.05) is 60.7 Å². The molecule has 0 saturated carbocycles. The summed E-state index contributed by atoms with van der Waals surface area (Å²) < 4.78 is 11.5. The number of guanidine groups is 1. The van der Waals surface area contributed by atoms with Gasteiger partial charge in [0.05, 0.1) is 18.3 Å². The molecule has 0 bridgehead atoms. The fourth-order valence-corrected chi connectivity index (χ4v) is 5.86. The van der Waals surface area contributed by atoms with Crippen LogP contribution in [0.15, 0.2) is 77.1 Å². The van der Waals surface area contributed by atoms with Gasteiger partial charge in [0.1, 0.15) is 11.4 Å². The molecule has 2 aromatic rings. The number of β-lactam (4-membered cyclic amide) rings is 1. The summed E-state index contributed by atoms with van der Waals surface area (Å²) in [4.78, 5) is 44.4. The van der Waals surface area contributed by atoms with E-state index in [0.29, 0.717) is 13.1 Å². The predicted molar refractivity (Wildman–Crippen MR) is 135 cm³/mol. The number of hydroxylamine groups is 2. The Morgan fingerprint density at radius 1 is 1.11 bits per heavy atom. The quantitative estimate of drug-likeness (QED) is 0.435. The summed E-state index contributed by atoms with van der Waals surface area (Å²) in [6, 6.07) is 17.8. The SMILES string of the molecule is CC(=O)OC1=C(C(=O)OC(c2ccccc2)c2ccccc2)N2C(=O)C(NC3=NCCN3O)[C@H]2SC1C. The number of carbonyl (C=O) groups is 3. The summed E-state index contributed by atoms with van der Waals surface area (Å²) >= 11 is 1.36. The molecule has 3 atom stereocenters. The number of ether oxygens (including phenoxy) is 2. The van der Waals surface area contributed by atoms with Crippen LogP contribution in [-0.2, 0) is 23.9 Å². The lowest BCUT2D eigenvalue weighted by atomic mass is 10.0. The molecule has 3 heterocycles. The molecule has 0 aliphatic carbocycles. The van der Waals surface area contributed by atoms with E-state index in [2.05, 4.69) is 10.3 Å². The van der Waals surface area contributed by atoms with E-state index in [1.54, 1.807) is 6.92 Å². The Morgan fingerprint density at radius 3 is 2.27 bits per heavy atom. The average molecular weight is 523 g/mol. The molecule has 2 aromatic carbocycles. The van der Waals surface area contributed by atoms with Crippen LogP contribution in [0.4, 0.5) is 0 Å². The van der Waals surface area contributed by atoms with Crippen molar-refractivity contribution in [2.24, 2.45) is 4.99 Å². The number of esters is 2. The molecule has 1 amide bonds. The molecule has 1 saturated heterocycles. The molecule has 1 fully saturated rings. The molecule has 0 spiro atoms. The van der Waals surface area contributed by atoms with Crippen LogP contribution >= 0.6 is 11.8 Å². The number of hydrogen-bond acceptors (Lipinski definition) is 10. The Morgan fingerprint density at radius 2 is 1.73 bits per heavy atom. The number of benzene rings is 2. The Kier molecular flexibility index (Phi) is 6.90. The van der Waals surface area contributed by atoms with Crippen molar-refractivity contribution in [2.75, 3.05) is 13.1 Å². The number of fused-ring (bicyclic) bond motifs is 1. The van der Waals surface area contributed by atoms with Gasteiger partial charge in [0.25, 0.3) is 5.91 Å². The Balaban J connectivity index is 1.48. The van der Waals surface area contributed by atoms with Crippen molar-refractivity contribution in [1.82, 2.24) is 15.3 Å². The summed E-state index contributed by atoms with van der Waals surface area (Å²) in [7, 11) is 0. The minimum Gasteiger partial charge on any atom is -0.448 e. The van der Waals surface area contributed by atoms with Gasteiger partial charge in [-0.2, -0.15) is 0 Å². The van der Waals surface area contributed by atoms with E-state index in [-0.39, 0.29) is 17.4 Å². The van der Waals surface area contributed by atoms with E-state index in [1.165, 1.54) is 23.6 Å². The number of aliphatic imine (C=N–C) groups is 1. The zero-order valence-corrected chi connectivity index (χ0v) is 21.1. The Bertz CT molecular complexity index is 1230. The molecular weight excluding hydrogens is 496 g/mol. The maximum Gasteiger partial charge on any atom is 0.359 e. The Hall–Kier alpha value is -3.83. The molecule has 3 aliphatic rings. The van der Waals surface area contributed by atoms with Crippen molar-refractivity contribution >= 4 is 35.6 Å². The molecular formula is C26H26N4O6S. The number of thioether (sulfide) groups is 1. The van der Waals surface area contributed by atoms with E-state index in [9.17, 15) is 19.6 Å². The maximum atomic E-state index is 13.8. The summed E-state index contributed by atoms with van der Waals surface area (Å²) in [6.45, 7) is 3.78. The van der Waals surface area contributed by atoms with Gasteiger partial charge >= 0.3 is 11.9 Å². The first-order valence-electron chi connectivity index (χ1n) is 11.8. The lowest BCUT2D eigenvalue weighted by molar-refractivity contribution is -0.155. The first-order valence-corrected chi connectivity index (χ1v) is 12.8. The van der Waals surface area contributed by atoms with Gasteiger partial charge < -0.3 is 14.8 Å². The maximum absolute atomic E-state index is 13.8. The molecule has 11 heteroatoms.